The predicted molar refractivity (Wildman–Crippen MR) is 72.0 cm³/mol. The number of hydrogen-bond acceptors (Lipinski definition) is 4. The maximum Gasteiger partial charge on any atom is 0.256 e. The Hall–Kier alpha value is -1.82. The molecule has 0 saturated carbocycles. The Kier molecular flexibility index (Phi) is 3.36. The van der Waals surface area contributed by atoms with Crippen molar-refractivity contribution in [3.05, 3.63) is 29.8 Å². The topological polar surface area (TPSA) is 66.5 Å². The van der Waals surface area contributed by atoms with E-state index < -0.39 is 17.4 Å². The van der Waals surface area contributed by atoms with Crippen LogP contribution in [0.5, 0.6) is 0 Å². The standard InChI is InChI=1S/C13H14N2O3S/c1-13(2)12(18)14-10(16)7-15(13)11(17)8-5-3-4-6-9(8)19/h3-6,19H,7H2,1-2H3,(H,14,16,18). The van der Waals surface area contributed by atoms with Crippen LogP contribution < -0.4 is 5.32 Å². The number of hydrogen-bond donors (Lipinski definition) is 2. The van der Waals surface area contributed by atoms with Gasteiger partial charge in [0.15, 0.2) is 0 Å². The van der Waals surface area contributed by atoms with E-state index in [0.29, 0.717) is 10.5 Å². The Bertz CT molecular complexity index is 569. The van der Waals surface area contributed by atoms with Gasteiger partial charge in [-0.1, -0.05) is 12.1 Å². The lowest BCUT2D eigenvalue weighted by atomic mass is 9.97. The second-order valence-electron chi connectivity index (χ2n) is 4.84. The summed E-state index contributed by atoms with van der Waals surface area (Å²) >= 11 is 4.23. The summed E-state index contributed by atoms with van der Waals surface area (Å²) in [5.74, 6) is -1.33. The van der Waals surface area contributed by atoms with Crippen LogP contribution >= 0.6 is 12.6 Å². The summed E-state index contributed by atoms with van der Waals surface area (Å²) in [5, 5.41) is 2.23. The molecule has 0 unspecified atom stereocenters. The summed E-state index contributed by atoms with van der Waals surface area (Å²) in [7, 11) is 0. The molecule has 1 aliphatic heterocycles. The van der Waals surface area contributed by atoms with Crippen molar-refractivity contribution < 1.29 is 14.4 Å². The first-order valence-electron chi connectivity index (χ1n) is 5.78. The first-order chi connectivity index (χ1) is 8.84. The molecular weight excluding hydrogens is 264 g/mol. The maximum absolute atomic E-state index is 12.5. The van der Waals surface area contributed by atoms with Crippen molar-refractivity contribution in [2.24, 2.45) is 0 Å². The number of imide groups is 1. The molecule has 1 saturated heterocycles. The third-order valence-electron chi connectivity index (χ3n) is 3.16. The number of thiol groups is 1. The Labute approximate surface area is 116 Å². The number of amides is 3. The van der Waals surface area contributed by atoms with Gasteiger partial charge in [-0.05, 0) is 26.0 Å². The Balaban J connectivity index is 2.40. The van der Waals surface area contributed by atoms with Crippen molar-refractivity contribution in [2.75, 3.05) is 6.54 Å². The van der Waals surface area contributed by atoms with Gasteiger partial charge in [-0.2, -0.15) is 0 Å². The first kappa shape index (κ1) is 13.6. The quantitative estimate of drug-likeness (QED) is 0.591. The lowest BCUT2D eigenvalue weighted by molar-refractivity contribution is -0.143. The van der Waals surface area contributed by atoms with Crippen molar-refractivity contribution in [2.45, 2.75) is 24.3 Å². The largest absolute Gasteiger partial charge is 0.315 e. The van der Waals surface area contributed by atoms with Crippen LogP contribution in [0.15, 0.2) is 29.2 Å². The van der Waals surface area contributed by atoms with E-state index in [2.05, 4.69) is 17.9 Å². The smallest absolute Gasteiger partial charge is 0.256 e. The van der Waals surface area contributed by atoms with Gasteiger partial charge in [0.1, 0.15) is 12.1 Å². The second-order valence-corrected chi connectivity index (χ2v) is 5.33. The van der Waals surface area contributed by atoms with Gasteiger partial charge >= 0.3 is 0 Å². The van der Waals surface area contributed by atoms with Gasteiger partial charge in [0.25, 0.3) is 11.8 Å². The van der Waals surface area contributed by atoms with Crippen LogP contribution in [0.25, 0.3) is 0 Å². The summed E-state index contributed by atoms with van der Waals surface area (Å²) in [5.41, 5.74) is -0.692. The molecule has 1 aromatic rings. The zero-order valence-electron chi connectivity index (χ0n) is 10.6. The van der Waals surface area contributed by atoms with Gasteiger partial charge in [0.05, 0.1) is 5.56 Å². The minimum absolute atomic E-state index is 0.139. The van der Waals surface area contributed by atoms with E-state index in [9.17, 15) is 14.4 Å². The highest BCUT2D eigenvalue weighted by Crippen LogP contribution is 2.23. The van der Waals surface area contributed by atoms with E-state index in [4.69, 9.17) is 0 Å². The molecule has 0 atom stereocenters. The summed E-state index contributed by atoms with van der Waals surface area (Å²) < 4.78 is 0. The van der Waals surface area contributed by atoms with Gasteiger partial charge < -0.3 is 4.90 Å². The van der Waals surface area contributed by atoms with Crippen LogP contribution in [0.2, 0.25) is 0 Å². The summed E-state index contributed by atoms with van der Waals surface area (Å²) in [4.78, 5) is 37.5. The van der Waals surface area contributed by atoms with Crippen LogP contribution in [0, 0.1) is 0 Å². The fourth-order valence-corrected chi connectivity index (χ4v) is 2.16. The van der Waals surface area contributed by atoms with Crippen molar-refractivity contribution in [3.63, 3.8) is 0 Å². The zero-order valence-corrected chi connectivity index (χ0v) is 11.5. The average molecular weight is 278 g/mol. The monoisotopic (exact) mass is 278 g/mol. The van der Waals surface area contributed by atoms with Crippen molar-refractivity contribution in [1.29, 1.82) is 0 Å². The molecule has 1 fully saturated rings. The number of nitrogens with one attached hydrogen (secondary N) is 1. The number of carbonyl (C=O) groups excluding carboxylic acids is 3. The minimum atomic E-state index is -1.07. The molecule has 19 heavy (non-hydrogen) atoms. The molecule has 5 nitrogen and oxygen atoms in total. The molecule has 1 heterocycles. The summed E-state index contributed by atoms with van der Waals surface area (Å²) in [6.07, 6.45) is 0. The second kappa shape index (κ2) is 4.70. The van der Waals surface area contributed by atoms with Gasteiger partial charge in [0, 0.05) is 4.90 Å². The molecule has 1 aliphatic rings. The Morgan fingerprint density at radius 1 is 1.32 bits per heavy atom. The molecule has 0 radical (unpaired) electrons. The number of carbonyl (C=O) groups is 3. The van der Waals surface area contributed by atoms with E-state index in [1.807, 2.05) is 0 Å². The highest BCUT2D eigenvalue weighted by atomic mass is 32.1. The van der Waals surface area contributed by atoms with Crippen LogP contribution in [0.1, 0.15) is 24.2 Å². The fraction of sp³-hybridized carbons (Fsp3) is 0.308. The third-order valence-corrected chi connectivity index (χ3v) is 3.55. The van der Waals surface area contributed by atoms with Gasteiger partial charge in [-0.15, -0.1) is 12.6 Å². The first-order valence-corrected chi connectivity index (χ1v) is 6.23. The van der Waals surface area contributed by atoms with E-state index >= 15 is 0 Å². The molecule has 1 N–H and O–H groups in total. The normalized spacial score (nSPS) is 18.2. The van der Waals surface area contributed by atoms with E-state index in [-0.39, 0.29) is 12.5 Å². The molecule has 2 rings (SSSR count). The van der Waals surface area contributed by atoms with Crippen LogP contribution in [0.4, 0.5) is 0 Å². The average Bonchev–Trinajstić information content (AvgIpc) is 2.34. The predicted octanol–water partition coefficient (Wildman–Crippen LogP) is 0.852. The molecule has 0 bridgehead atoms. The van der Waals surface area contributed by atoms with Crippen LogP contribution in [-0.4, -0.2) is 34.7 Å². The summed E-state index contributed by atoms with van der Waals surface area (Å²) in [6.45, 7) is 3.07. The SMILES string of the molecule is CC1(C)C(=O)NC(=O)CN1C(=O)c1ccccc1S. The molecule has 3 amide bonds. The molecular formula is C13H14N2O3S. The van der Waals surface area contributed by atoms with Crippen molar-refractivity contribution in [3.8, 4) is 0 Å². The van der Waals surface area contributed by atoms with Crippen LogP contribution in [0.3, 0.4) is 0 Å². The van der Waals surface area contributed by atoms with E-state index in [1.54, 1.807) is 38.1 Å². The number of piperazine rings is 1. The highest BCUT2D eigenvalue weighted by Gasteiger charge is 2.43. The lowest BCUT2D eigenvalue weighted by Crippen LogP contribution is -2.65. The third kappa shape index (κ3) is 2.35. The Morgan fingerprint density at radius 3 is 2.58 bits per heavy atom. The molecule has 0 aromatic heterocycles. The van der Waals surface area contributed by atoms with Gasteiger partial charge in [0.2, 0.25) is 5.91 Å². The molecule has 0 aliphatic carbocycles. The number of rotatable bonds is 1. The molecule has 100 valence electrons. The number of nitrogens with zero attached hydrogens (tertiary/aromatic N) is 1. The minimum Gasteiger partial charge on any atom is -0.315 e. The van der Waals surface area contributed by atoms with Crippen molar-refractivity contribution >= 4 is 30.4 Å². The molecule has 6 heteroatoms. The highest BCUT2D eigenvalue weighted by molar-refractivity contribution is 7.80. The molecule has 0 spiro atoms. The van der Waals surface area contributed by atoms with E-state index in [0.717, 1.165) is 0 Å². The molecule has 1 aromatic carbocycles. The van der Waals surface area contributed by atoms with E-state index in [1.165, 1.54) is 4.90 Å². The van der Waals surface area contributed by atoms with Gasteiger partial charge in [-0.3, -0.25) is 19.7 Å². The summed E-state index contributed by atoms with van der Waals surface area (Å²) in [6, 6.07) is 6.79. The zero-order chi connectivity index (χ0) is 14.2. The van der Waals surface area contributed by atoms with Gasteiger partial charge in [-0.25, -0.2) is 0 Å². The van der Waals surface area contributed by atoms with Crippen LogP contribution in [-0.2, 0) is 9.59 Å². The lowest BCUT2D eigenvalue weighted by Gasteiger charge is -2.40. The number of benzene rings is 1. The maximum atomic E-state index is 12.5. The van der Waals surface area contributed by atoms with Crippen molar-refractivity contribution in [1.82, 2.24) is 10.2 Å². The Morgan fingerprint density at radius 2 is 1.95 bits per heavy atom. The fourth-order valence-electron chi connectivity index (χ4n) is 1.91.